The van der Waals surface area contributed by atoms with Gasteiger partial charge in [-0.3, -0.25) is 0 Å². The zero-order valence-corrected chi connectivity index (χ0v) is 14.0. The summed E-state index contributed by atoms with van der Waals surface area (Å²) in [4.78, 5) is 11.7. The van der Waals surface area contributed by atoms with Crippen molar-refractivity contribution in [1.82, 2.24) is 0 Å². The Balaban J connectivity index is 2.42. The van der Waals surface area contributed by atoms with E-state index in [4.69, 9.17) is 8.83 Å². The van der Waals surface area contributed by atoms with Crippen LogP contribution >= 0.6 is 0 Å². The molecule has 0 radical (unpaired) electrons. The van der Waals surface area contributed by atoms with Gasteiger partial charge in [-0.2, -0.15) is 0 Å². The molecule has 116 valence electrons. The van der Waals surface area contributed by atoms with Gasteiger partial charge in [-0.1, -0.05) is 0 Å². The van der Waals surface area contributed by atoms with Crippen molar-refractivity contribution in [3.8, 4) is 0 Å². The Morgan fingerprint density at radius 3 is 2.23 bits per heavy atom. The van der Waals surface area contributed by atoms with E-state index in [1.165, 1.54) is 5.56 Å². The smallest absolute Gasteiger partial charge is 0.336 e. The van der Waals surface area contributed by atoms with Gasteiger partial charge in [0.2, 0.25) is 0 Å². The summed E-state index contributed by atoms with van der Waals surface area (Å²) in [5, 5.41) is 2.10. The van der Waals surface area contributed by atoms with E-state index >= 15 is 0 Å². The summed E-state index contributed by atoms with van der Waals surface area (Å²) in [6.45, 7) is 6.78. The highest BCUT2D eigenvalue weighted by molar-refractivity contribution is 5.99. The van der Waals surface area contributed by atoms with Crippen LogP contribution in [0.4, 0.5) is 0 Å². The van der Waals surface area contributed by atoms with Crippen LogP contribution in [0.2, 0.25) is 0 Å². The fraction of sp³-hybridized carbons (Fsp3) is 0.389. The van der Waals surface area contributed by atoms with Crippen LogP contribution in [-0.2, 0) is 6.54 Å². The lowest BCUT2D eigenvalue weighted by Crippen LogP contribution is -2.33. The van der Waals surface area contributed by atoms with E-state index in [9.17, 15) is 4.79 Å². The number of benzene rings is 1. The Labute approximate surface area is 129 Å². The van der Waals surface area contributed by atoms with Crippen LogP contribution < -0.4 is 5.63 Å². The Bertz CT molecular complexity index is 939. The second-order valence-electron chi connectivity index (χ2n) is 7.09. The fourth-order valence-electron chi connectivity index (χ4n) is 3.02. The third-order valence-corrected chi connectivity index (χ3v) is 4.06. The van der Waals surface area contributed by atoms with Crippen LogP contribution in [0, 0.1) is 20.8 Å². The number of aryl methyl sites for hydroxylation is 3. The molecule has 0 N–H and O–H groups in total. The molecule has 0 bridgehead atoms. The second kappa shape index (κ2) is 4.71. The number of nitrogens with zero attached hydrogens (tertiary/aromatic N) is 1. The minimum Gasteiger partial charge on any atom is -0.460 e. The lowest BCUT2D eigenvalue weighted by Gasteiger charge is -2.23. The molecule has 0 saturated carbocycles. The topological polar surface area (TPSA) is 43.4 Å². The molecule has 0 atom stereocenters. The SMILES string of the molecule is Cc1oc2c(C)c3oc(=O)cc(C)c3cc2c1C[N+](C)(C)C. The van der Waals surface area contributed by atoms with Crippen LogP contribution in [0.1, 0.15) is 22.5 Å². The molecule has 0 aliphatic carbocycles. The van der Waals surface area contributed by atoms with Crippen LogP contribution in [0.15, 0.2) is 25.8 Å². The van der Waals surface area contributed by atoms with Crippen molar-refractivity contribution in [2.45, 2.75) is 27.3 Å². The Morgan fingerprint density at radius 1 is 0.955 bits per heavy atom. The summed E-state index contributed by atoms with van der Waals surface area (Å²) in [5.74, 6) is 0.932. The van der Waals surface area contributed by atoms with Crippen LogP contribution in [0.3, 0.4) is 0 Å². The van der Waals surface area contributed by atoms with Crippen molar-refractivity contribution in [3.05, 3.63) is 45.0 Å². The van der Waals surface area contributed by atoms with Gasteiger partial charge in [-0.05, 0) is 32.4 Å². The van der Waals surface area contributed by atoms with Crippen molar-refractivity contribution >= 4 is 21.9 Å². The average molecular weight is 300 g/mol. The summed E-state index contributed by atoms with van der Waals surface area (Å²) in [5.41, 5.74) is 4.18. The summed E-state index contributed by atoms with van der Waals surface area (Å²) in [7, 11) is 6.49. The molecule has 3 rings (SSSR count). The van der Waals surface area contributed by atoms with Gasteiger partial charge >= 0.3 is 5.63 Å². The molecule has 4 nitrogen and oxygen atoms in total. The van der Waals surface area contributed by atoms with Gasteiger partial charge in [0.15, 0.2) is 0 Å². The van der Waals surface area contributed by atoms with E-state index in [0.29, 0.717) is 5.58 Å². The van der Waals surface area contributed by atoms with Gasteiger partial charge < -0.3 is 13.3 Å². The van der Waals surface area contributed by atoms with Gasteiger partial charge in [-0.15, -0.1) is 0 Å². The molecule has 0 aliphatic heterocycles. The summed E-state index contributed by atoms with van der Waals surface area (Å²) < 4.78 is 12.2. The van der Waals surface area contributed by atoms with Gasteiger partial charge in [0.1, 0.15) is 23.5 Å². The number of hydrogen-bond donors (Lipinski definition) is 0. The first kappa shape index (κ1) is 14.9. The predicted molar refractivity (Wildman–Crippen MR) is 88.2 cm³/mol. The highest BCUT2D eigenvalue weighted by Crippen LogP contribution is 2.35. The maximum absolute atomic E-state index is 11.7. The average Bonchev–Trinajstić information content (AvgIpc) is 2.67. The first-order valence-corrected chi connectivity index (χ1v) is 7.44. The van der Waals surface area contributed by atoms with E-state index in [2.05, 4.69) is 27.2 Å². The van der Waals surface area contributed by atoms with Crippen molar-refractivity contribution in [3.63, 3.8) is 0 Å². The Hall–Kier alpha value is -2.07. The van der Waals surface area contributed by atoms with E-state index in [-0.39, 0.29) is 5.63 Å². The monoisotopic (exact) mass is 300 g/mol. The minimum atomic E-state index is -0.317. The van der Waals surface area contributed by atoms with E-state index in [1.54, 1.807) is 6.07 Å². The summed E-state index contributed by atoms with van der Waals surface area (Å²) in [6, 6.07) is 3.64. The quantitative estimate of drug-likeness (QED) is 0.536. The molecule has 0 spiro atoms. The molecule has 0 unspecified atom stereocenters. The molecule has 0 amide bonds. The van der Waals surface area contributed by atoms with Crippen molar-refractivity contribution in [2.75, 3.05) is 21.1 Å². The molecule has 22 heavy (non-hydrogen) atoms. The van der Waals surface area contributed by atoms with Crippen LogP contribution in [0.25, 0.3) is 21.9 Å². The second-order valence-corrected chi connectivity index (χ2v) is 7.09. The maximum Gasteiger partial charge on any atom is 0.336 e. The summed E-state index contributed by atoms with van der Waals surface area (Å²) in [6.07, 6.45) is 0. The third kappa shape index (κ3) is 2.33. The normalized spacial score (nSPS) is 12.5. The maximum atomic E-state index is 11.7. The van der Waals surface area contributed by atoms with Gasteiger partial charge in [-0.25, -0.2) is 4.79 Å². The van der Waals surface area contributed by atoms with E-state index in [1.807, 2.05) is 20.8 Å². The highest BCUT2D eigenvalue weighted by Gasteiger charge is 2.21. The largest absolute Gasteiger partial charge is 0.460 e. The van der Waals surface area contributed by atoms with Gasteiger partial charge in [0.25, 0.3) is 0 Å². The van der Waals surface area contributed by atoms with Gasteiger partial charge in [0, 0.05) is 22.4 Å². The zero-order chi connectivity index (χ0) is 16.2. The number of fused-ring (bicyclic) bond motifs is 2. The molecule has 2 heterocycles. The summed E-state index contributed by atoms with van der Waals surface area (Å²) >= 11 is 0. The number of furan rings is 1. The first-order chi connectivity index (χ1) is 10.2. The number of rotatable bonds is 2. The number of hydrogen-bond acceptors (Lipinski definition) is 3. The molecule has 0 fully saturated rings. The number of quaternary nitrogens is 1. The molecule has 0 aliphatic rings. The van der Waals surface area contributed by atoms with Gasteiger partial charge in [0.05, 0.1) is 26.7 Å². The highest BCUT2D eigenvalue weighted by atomic mass is 16.4. The molecule has 2 aromatic heterocycles. The standard InChI is InChI=1S/C18H22NO3/c1-10-7-16(20)22-17-11(2)18-14(8-13(10)17)15(12(3)21-18)9-19(4,5)6/h7-8H,9H2,1-6H3/q+1. The zero-order valence-electron chi connectivity index (χ0n) is 14.0. The minimum absolute atomic E-state index is 0.317. The predicted octanol–water partition coefficient (Wildman–Crippen LogP) is 3.67. The van der Waals surface area contributed by atoms with Crippen molar-refractivity contribution in [2.24, 2.45) is 0 Å². The Morgan fingerprint density at radius 2 is 1.59 bits per heavy atom. The third-order valence-electron chi connectivity index (χ3n) is 4.06. The lowest BCUT2D eigenvalue weighted by atomic mass is 10.0. The molecular formula is C18H22NO3+. The van der Waals surface area contributed by atoms with E-state index < -0.39 is 0 Å². The fourth-order valence-corrected chi connectivity index (χ4v) is 3.02. The van der Waals surface area contributed by atoms with E-state index in [0.717, 1.165) is 44.3 Å². The Kier molecular flexibility index (Phi) is 3.18. The molecule has 0 saturated heterocycles. The van der Waals surface area contributed by atoms with Crippen LogP contribution in [-0.4, -0.2) is 25.6 Å². The van der Waals surface area contributed by atoms with Crippen LogP contribution in [0.5, 0.6) is 0 Å². The van der Waals surface area contributed by atoms with Crippen molar-refractivity contribution in [1.29, 1.82) is 0 Å². The molecule has 4 heteroatoms. The first-order valence-electron chi connectivity index (χ1n) is 7.44. The lowest BCUT2D eigenvalue weighted by molar-refractivity contribution is -0.883. The molecular weight excluding hydrogens is 278 g/mol. The molecule has 1 aromatic carbocycles. The van der Waals surface area contributed by atoms with Crippen molar-refractivity contribution < 1.29 is 13.3 Å². The molecule has 3 aromatic rings.